The Morgan fingerprint density at radius 1 is 1.30 bits per heavy atom. The molecule has 0 saturated heterocycles. The Bertz CT molecular complexity index is 649. The van der Waals surface area contributed by atoms with E-state index in [1.165, 1.54) is 11.9 Å². The summed E-state index contributed by atoms with van der Waals surface area (Å²) < 4.78 is 26.5. The molecule has 0 aliphatic rings. The molecule has 0 saturated carbocycles. The van der Waals surface area contributed by atoms with Gasteiger partial charge in [-0.05, 0) is 17.7 Å². The summed E-state index contributed by atoms with van der Waals surface area (Å²) in [7, 11) is 1.49. The molecule has 1 heterocycles. The van der Waals surface area contributed by atoms with Crippen molar-refractivity contribution in [1.29, 1.82) is 0 Å². The molecule has 0 unspecified atom stereocenters. The zero-order chi connectivity index (χ0) is 14.7. The van der Waals surface area contributed by atoms with Crippen molar-refractivity contribution in [1.82, 2.24) is 9.88 Å². The van der Waals surface area contributed by atoms with E-state index >= 15 is 0 Å². The first-order valence-electron chi connectivity index (χ1n) is 5.79. The number of rotatable bonds is 3. The monoisotopic (exact) mass is 296 g/mol. The molecule has 0 fully saturated rings. The van der Waals surface area contributed by atoms with Crippen LogP contribution in [0.2, 0.25) is 5.02 Å². The predicted molar refractivity (Wildman–Crippen MR) is 71.4 cm³/mol. The Kier molecular flexibility index (Phi) is 4.29. The van der Waals surface area contributed by atoms with Crippen LogP contribution in [0.3, 0.4) is 0 Å². The van der Waals surface area contributed by atoms with Crippen LogP contribution in [0.25, 0.3) is 0 Å². The van der Waals surface area contributed by atoms with E-state index in [0.29, 0.717) is 5.02 Å². The van der Waals surface area contributed by atoms with Gasteiger partial charge in [-0.2, -0.15) is 4.39 Å². The van der Waals surface area contributed by atoms with E-state index in [9.17, 15) is 13.6 Å². The number of hydrogen-bond acceptors (Lipinski definition) is 2. The molecule has 0 atom stereocenters. The molecule has 0 spiro atoms. The normalized spacial score (nSPS) is 10.4. The SMILES string of the molecule is CN(Cc1ccccc1Cl)C(=O)c1ccnc(F)c1F. The first kappa shape index (κ1) is 14.4. The maximum Gasteiger partial charge on any atom is 0.257 e. The third-order valence-electron chi connectivity index (χ3n) is 2.79. The molecule has 2 aromatic rings. The molecule has 0 bridgehead atoms. The second-order valence-corrected chi connectivity index (χ2v) is 4.62. The lowest BCUT2D eigenvalue weighted by molar-refractivity contribution is 0.0779. The third kappa shape index (κ3) is 2.93. The van der Waals surface area contributed by atoms with E-state index in [-0.39, 0.29) is 12.1 Å². The summed E-state index contributed by atoms with van der Waals surface area (Å²) >= 11 is 5.99. The zero-order valence-electron chi connectivity index (χ0n) is 10.6. The Hall–Kier alpha value is -2.01. The molecule has 0 N–H and O–H groups in total. The molecular formula is C14H11ClF2N2O. The molecule has 6 heteroatoms. The van der Waals surface area contributed by atoms with E-state index in [2.05, 4.69) is 4.98 Å². The van der Waals surface area contributed by atoms with Gasteiger partial charge in [-0.1, -0.05) is 29.8 Å². The van der Waals surface area contributed by atoms with E-state index in [0.717, 1.165) is 17.8 Å². The largest absolute Gasteiger partial charge is 0.337 e. The first-order valence-corrected chi connectivity index (χ1v) is 6.17. The number of halogens is 3. The molecule has 20 heavy (non-hydrogen) atoms. The highest BCUT2D eigenvalue weighted by molar-refractivity contribution is 6.31. The van der Waals surface area contributed by atoms with Crippen molar-refractivity contribution in [3.63, 3.8) is 0 Å². The summed E-state index contributed by atoms with van der Waals surface area (Å²) in [5.74, 6) is -3.17. The fourth-order valence-corrected chi connectivity index (χ4v) is 1.94. The van der Waals surface area contributed by atoms with Crippen molar-refractivity contribution >= 4 is 17.5 Å². The minimum Gasteiger partial charge on any atom is -0.337 e. The highest BCUT2D eigenvalue weighted by Crippen LogP contribution is 2.18. The van der Waals surface area contributed by atoms with Gasteiger partial charge in [-0.25, -0.2) is 9.37 Å². The fourth-order valence-electron chi connectivity index (χ4n) is 1.74. The van der Waals surface area contributed by atoms with Gasteiger partial charge in [0.15, 0.2) is 5.82 Å². The van der Waals surface area contributed by atoms with Crippen LogP contribution in [-0.4, -0.2) is 22.8 Å². The summed E-state index contributed by atoms with van der Waals surface area (Å²) in [5, 5.41) is 0.508. The quantitative estimate of drug-likeness (QED) is 0.814. The zero-order valence-corrected chi connectivity index (χ0v) is 11.4. The molecule has 0 radical (unpaired) electrons. The van der Waals surface area contributed by atoms with Crippen LogP contribution in [0.5, 0.6) is 0 Å². The van der Waals surface area contributed by atoms with Crippen molar-refractivity contribution in [3.8, 4) is 0 Å². The lowest BCUT2D eigenvalue weighted by Crippen LogP contribution is -2.27. The van der Waals surface area contributed by atoms with Crippen molar-refractivity contribution in [3.05, 3.63) is 64.4 Å². The van der Waals surface area contributed by atoms with Crippen LogP contribution >= 0.6 is 11.6 Å². The number of carbonyl (C=O) groups is 1. The van der Waals surface area contributed by atoms with E-state index in [4.69, 9.17) is 11.6 Å². The molecular weight excluding hydrogens is 286 g/mol. The number of amides is 1. The van der Waals surface area contributed by atoms with Crippen molar-refractivity contribution < 1.29 is 13.6 Å². The Morgan fingerprint density at radius 2 is 2.00 bits per heavy atom. The molecule has 104 valence electrons. The molecule has 1 amide bonds. The second kappa shape index (κ2) is 5.96. The third-order valence-corrected chi connectivity index (χ3v) is 3.16. The van der Waals surface area contributed by atoms with Gasteiger partial charge in [0.2, 0.25) is 5.95 Å². The van der Waals surface area contributed by atoms with Crippen LogP contribution in [0.1, 0.15) is 15.9 Å². The Balaban J connectivity index is 2.21. The standard InChI is InChI=1S/C14H11ClF2N2O/c1-19(8-9-4-2-3-5-11(9)15)14(20)10-6-7-18-13(17)12(10)16/h2-7H,8H2,1H3. The van der Waals surface area contributed by atoms with Crippen molar-refractivity contribution in [2.45, 2.75) is 6.54 Å². The van der Waals surface area contributed by atoms with E-state index < -0.39 is 17.7 Å². The van der Waals surface area contributed by atoms with Gasteiger partial charge in [-0.15, -0.1) is 0 Å². The number of benzene rings is 1. The molecule has 2 rings (SSSR count). The highest BCUT2D eigenvalue weighted by Gasteiger charge is 2.20. The van der Waals surface area contributed by atoms with Crippen LogP contribution in [-0.2, 0) is 6.54 Å². The van der Waals surface area contributed by atoms with Crippen molar-refractivity contribution in [2.75, 3.05) is 7.05 Å². The first-order chi connectivity index (χ1) is 9.50. The van der Waals surface area contributed by atoms with Crippen LogP contribution < -0.4 is 0 Å². The molecule has 1 aromatic heterocycles. The summed E-state index contributed by atoms with van der Waals surface area (Å²) in [5.41, 5.74) is 0.368. The van der Waals surface area contributed by atoms with Gasteiger partial charge in [0.25, 0.3) is 5.91 Å². The summed E-state index contributed by atoms with van der Waals surface area (Å²) in [6, 6.07) is 8.15. The maximum atomic E-state index is 13.5. The topological polar surface area (TPSA) is 33.2 Å². The van der Waals surface area contributed by atoms with E-state index in [1.807, 2.05) is 0 Å². The van der Waals surface area contributed by atoms with Gasteiger partial charge in [0.05, 0.1) is 5.56 Å². The Labute approximate surface area is 119 Å². The number of nitrogens with zero attached hydrogens (tertiary/aromatic N) is 2. The van der Waals surface area contributed by atoms with Gasteiger partial charge in [0.1, 0.15) is 0 Å². The minimum absolute atomic E-state index is 0.196. The minimum atomic E-state index is -1.29. The summed E-state index contributed by atoms with van der Waals surface area (Å²) in [4.78, 5) is 16.5. The lowest BCUT2D eigenvalue weighted by atomic mass is 10.2. The summed E-state index contributed by atoms with van der Waals surface area (Å²) in [6.45, 7) is 0.196. The average Bonchev–Trinajstić information content (AvgIpc) is 2.43. The number of hydrogen-bond donors (Lipinski definition) is 0. The fraction of sp³-hybridized carbons (Fsp3) is 0.143. The van der Waals surface area contributed by atoms with Gasteiger partial charge < -0.3 is 4.90 Å². The van der Waals surface area contributed by atoms with Gasteiger partial charge in [-0.3, -0.25) is 4.79 Å². The second-order valence-electron chi connectivity index (χ2n) is 4.22. The number of aromatic nitrogens is 1. The summed E-state index contributed by atoms with van der Waals surface area (Å²) in [6.07, 6.45) is 1.05. The van der Waals surface area contributed by atoms with E-state index in [1.54, 1.807) is 24.3 Å². The Morgan fingerprint density at radius 3 is 2.70 bits per heavy atom. The lowest BCUT2D eigenvalue weighted by Gasteiger charge is -2.18. The average molecular weight is 297 g/mol. The van der Waals surface area contributed by atoms with Crippen LogP contribution in [0.4, 0.5) is 8.78 Å². The van der Waals surface area contributed by atoms with Crippen LogP contribution in [0.15, 0.2) is 36.5 Å². The predicted octanol–water partition coefficient (Wildman–Crippen LogP) is 3.29. The molecule has 1 aromatic carbocycles. The smallest absolute Gasteiger partial charge is 0.257 e. The number of pyridine rings is 1. The molecule has 0 aliphatic carbocycles. The molecule has 3 nitrogen and oxygen atoms in total. The highest BCUT2D eigenvalue weighted by atomic mass is 35.5. The van der Waals surface area contributed by atoms with Gasteiger partial charge in [0, 0.05) is 24.8 Å². The maximum absolute atomic E-state index is 13.5. The number of carbonyl (C=O) groups excluding carboxylic acids is 1. The van der Waals surface area contributed by atoms with Crippen LogP contribution in [0, 0.1) is 11.8 Å². The van der Waals surface area contributed by atoms with Crippen molar-refractivity contribution in [2.24, 2.45) is 0 Å². The van der Waals surface area contributed by atoms with Gasteiger partial charge >= 0.3 is 0 Å². The molecule has 0 aliphatic heterocycles.